The average molecular weight is 258 g/mol. The Labute approximate surface area is 107 Å². The molecule has 0 amide bonds. The molecule has 0 aliphatic carbocycles. The molecule has 1 saturated heterocycles. The highest BCUT2D eigenvalue weighted by Gasteiger charge is 2.33. The molecule has 0 spiro atoms. The van der Waals surface area contributed by atoms with Crippen molar-refractivity contribution in [3.63, 3.8) is 0 Å². The van der Waals surface area contributed by atoms with E-state index in [4.69, 9.17) is 9.47 Å². The molecule has 1 heterocycles. The third-order valence-corrected chi connectivity index (χ3v) is 2.96. The van der Waals surface area contributed by atoms with Gasteiger partial charge >= 0.3 is 11.9 Å². The molecular weight excluding hydrogens is 236 g/mol. The number of rotatable bonds is 4. The van der Waals surface area contributed by atoms with Crippen molar-refractivity contribution in [2.75, 3.05) is 13.2 Å². The van der Waals surface area contributed by atoms with Gasteiger partial charge in [0, 0.05) is 13.2 Å². The molecule has 1 fully saturated rings. The van der Waals surface area contributed by atoms with Crippen molar-refractivity contribution in [3.8, 4) is 0 Å². The zero-order chi connectivity index (χ0) is 13.8. The third-order valence-electron chi connectivity index (χ3n) is 2.96. The predicted octanol–water partition coefficient (Wildman–Crippen LogP) is 1.85. The van der Waals surface area contributed by atoms with Gasteiger partial charge in [0.2, 0.25) is 0 Å². The highest BCUT2D eigenvalue weighted by Crippen LogP contribution is 2.27. The number of aliphatic carboxylic acids is 1. The monoisotopic (exact) mass is 258 g/mol. The van der Waals surface area contributed by atoms with E-state index in [1.54, 1.807) is 20.8 Å². The standard InChI is InChI=1S/C13H22O5/c1-13(2,3)18-11(14)8-10(12(15)16)9-4-6-17-7-5-9/h9-10H,4-8H2,1-3H3,(H,15,16)/t10-/m0/s1. The predicted molar refractivity (Wildman–Crippen MR) is 65.1 cm³/mol. The minimum absolute atomic E-state index is 0.00349. The number of carboxylic acid groups (broad SMARTS) is 1. The molecule has 1 atom stereocenters. The average Bonchev–Trinajstić information content (AvgIpc) is 2.24. The van der Waals surface area contributed by atoms with Crippen LogP contribution >= 0.6 is 0 Å². The Balaban J connectivity index is 2.57. The van der Waals surface area contributed by atoms with Crippen LogP contribution in [0.2, 0.25) is 0 Å². The first-order chi connectivity index (χ1) is 8.29. The van der Waals surface area contributed by atoms with E-state index in [0.717, 1.165) is 0 Å². The molecule has 0 aromatic rings. The van der Waals surface area contributed by atoms with Gasteiger partial charge in [0.25, 0.3) is 0 Å². The lowest BCUT2D eigenvalue weighted by atomic mass is 9.84. The highest BCUT2D eigenvalue weighted by molar-refractivity contribution is 5.79. The maximum Gasteiger partial charge on any atom is 0.307 e. The third kappa shape index (κ3) is 5.04. The molecule has 0 saturated carbocycles. The minimum atomic E-state index is -0.923. The van der Waals surface area contributed by atoms with Gasteiger partial charge in [0.15, 0.2) is 0 Å². The van der Waals surface area contributed by atoms with Crippen molar-refractivity contribution in [3.05, 3.63) is 0 Å². The van der Waals surface area contributed by atoms with Gasteiger partial charge in [0.1, 0.15) is 5.60 Å². The summed E-state index contributed by atoms with van der Waals surface area (Å²) in [5.41, 5.74) is -0.574. The Morgan fingerprint density at radius 2 is 1.89 bits per heavy atom. The fourth-order valence-electron chi connectivity index (χ4n) is 2.14. The number of ether oxygens (including phenoxy) is 2. The first-order valence-corrected chi connectivity index (χ1v) is 6.32. The molecule has 0 aromatic heterocycles. The Kier molecular flexibility index (Phi) is 5.14. The van der Waals surface area contributed by atoms with Crippen molar-refractivity contribution in [1.29, 1.82) is 0 Å². The van der Waals surface area contributed by atoms with Crippen LogP contribution in [0.3, 0.4) is 0 Å². The Bertz CT molecular complexity index is 299. The van der Waals surface area contributed by atoms with Gasteiger partial charge in [-0.25, -0.2) is 0 Å². The summed E-state index contributed by atoms with van der Waals surface area (Å²) in [6, 6.07) is 0. The summed E-state index contributed by atoms with van der Waals surface area (Å²) in [4.78, 5) is 23.0. The van der Waals surface area contributed by atoms with Gasteiger partial charge in [-0.1, -0.05) is 0 Å². The molecule has 18 heavy (non-hydrogen) atoms. The summed E-state index contributed by atoms with van der Waals surface area (Å²) in [7, 11) is 0. The summed E-state index contributed by atoms with van der Waals surface area (Å²) < 4.78 is 10.4. The summed E-state index contributed by atoms with van der Waals surface area (Å²) in [6.45, 7) is 6.46. The maximum atomic E-state index is 11.7. The number of esters is 1. The number of carboxylic acids is 1. The fourth-order valence-corrected chi connectivity index (χ4v) is 2.14. The molecule has 0 aromatic carbocycles. The van der Waals surface area contributed by atoms with Crippen LogP contribution in [-0.4, -0.2) is 35.9 Å². The molecule has 0 radical (unpaired) electrons. The minimum Gasteiger partial charge on any atom is -0.481 e. The molecule has 104 valence electrons. The molecule has 5 heteroatoms. The highest BCUT2D eigenvalue weighted by atomic mass is 16.6. The van der Waals surface area contributed by atoms with E-state index in [1.165, 1.54) is 0 Å². The second-order valence-corrected chi connectivity index (χ2v) is 5.69. The number of hydrogen-bond acceptors (Lipinski definition) is 4. The van der Waals surface area contributed by atoms with E-state index in [2.05, 4.69) is 0 Å². The first-order valence-electron chi connectivity index (χ1n) is 6.32. The number of hydrogen-bond donors (Lipinski definition) is 1. The van der Waals surface area contributed by atoms with Gasteiger partial charge in [-0.05, 0) is 39.5 Å². The molecule has 1 aliphatic heterocycles. The van der Waals surface area contributed by atoms with Crippen molar-refractivity contribution in [2.24, 2.45) is 11.8 Å². The van der Waals surface area contributed by atoms with Crippen molar-refractivity contribution in [2.45, 2.75) is 45.6 Å². The van der Waals surface area contributed by atoms with Crippen LogP contribution in [0.4, 0.5) is 0 Å². The van der Waals surface area contributed by atoms with Crippen LogP contribution in [0.5, 0.6) is 0 Å². The smallest absolute Gasteiger partial charge is 0.307 e. The van der Waals surface area contributed by atoms with Crippen LogP contribution < -0.4 is 0 Å². The van der Waals surface area contributed by atoms with Crippen LogP contribution in [-0.2, 0) is 19.1 Å². The van der Waals surface area contributed by atoms with Gasteiger partial charge in [-0.3, -0.25) is 9.59 Å². The summed E-state index contributed by atoms with van der Waals surface area (Å²) >= 11 is 0. The van der Waals surface area contributed by atoms with E-state index in [9.17, 15) is 14.7 Å². The Morgan fingerprint density at radius 1 is 1.33 bits per heavy atom. The molecule has 1 N–H and O–H groups in total. The normalized spacial score (nSPS) is 19.3. The Hall–Kier alpha value is -1.10. The Morgan fingerprint density at radius 3 is 2.33 bits per heavy atom. The summed E-state index contributed by atoms with van der Waals surface area (Å²) in [5, 5.41) is 9.22. The second kappa shape index (κ2) is 6.18. The zero-order valence-corrected chi connectivity index (χ0v) is 11.3. The molecule has 1 aliphatic rings. The topological polar surface area (TPSA) is 72.8 Å². The van der Waals surface area contributed by atoms with Gasteiger partial charge in [0.05, 0.1) is 12.3 Å². The van der Waals surface area contributed by atoms with Gasteiger partial charge < -0.3 is 14.6 Å². The summed E-state index contributed by atoms with van der Waals surface area (Å²) in [6.07, 6.45) is 1.33. The lowest BCUT2D eigenvalue weighted by Gasteiger charge is -2.28. The zero-order valence-electron chi connectivity index (χ0n) is 11.3. The van der Waals surface area contributed by atoms with Gasteiger partial charge in [-0.15, -0.1) is 0 Å². The van der Waals surface area contributed by atoms with E-state index in [0.29, 0.717) is 26.1 Å². The lowest BCUT2D eigenvalue weighted by Crippen LogP contribution is -2.33. The number of carbonyl (C=O) groups is 2. The van der Waals surface area contributed by atoms with E-state index < -0.39 is 23.5 Å². The second-order valence-electron chi connectivity index (χ2n) is 5.69. The van der Waals surface area contributed by atoms with Crippen molar-refractivity contribution in [1.82, 2.24) is 0 Å². The van der Waals surface area contributed by atoms with Crippen LogP contribution in [0.25, 0.3) is 0 Å². The largest absolute Gasteiger partial charge is 0.481 e. The first kappa shape index (κ1) is 15.0. The summed E-state index contributed by atoms with van der Waals surface area (Å²) in [5.74, 6) is -2.03. The van der Waals surface area contributed by atoms with Crippen molar-refractivity contribution >= 4 is 11.9 Å². The van der Waals surface area contributed by atoms with Crippen LogP contribution in [0.1, 0.15) is 40.0 Å². The number of carbonyl (C=O) groups excluding carboxylic acids is 1. The maximum absolute atomic E-state index is 11.7. The SMILES string of the molecule is CC(C)(C)OC(=O)C[C@H](C(=O)O)C1CCOCC1. The van der Waals surface area contributed by atoms with E-state index in [-0.39, 0.29) is 12.3 Å². The fraction of sp³-hybridized carbons (Fsp3) is 0.846. The molecular formula is C13H22O5. The van der Waals surface area contributed by atoms with Crippen LogP contribution in [0, 0.1) is 11.8 Å². The van der Waals surface area contributed by atoms with Crippen molar-refractivity contribution < 1.29 is 24.2 Å². The molecule has 0 bridgehead atoms. The van der Waals surface area contributed by atoms with E-state index >= 15 is 0 Å². The van der Waals surface area contributed by atoms with E-state index in [1.807, 2.05) is 0 Å². The lowest BCUT2D eigenvalue weighted by molar-refractivity contribution is -0.162. The van der Waals surface area contributed by atoms with Gasteiger partial charge in [-0.2, -0.15) is 0 Å². The molecule has 1 rings (SSSR count). The molecule has 5 nitrogen and oxygen atoms in total. The van der Waals surface area contributed by atoms with Crippen LogP contribution in [0.15, 0.2) is 0 Å². The molecule has 0 unspecified atom stereocenters. The quantitative estimate of drug-likeness (QED) is 0.779.